The predicted molar refractivity (Wildman–Crippen MR) is 56.6 cm³/mol. The zero-order chi connectivity index (χ0) is 11.3. The Hall–Kier alpha value is -1.06. The van der Waals surface area contributed by atoms with Gasteiger partial charge in [0.1, 0.15) is 0 Å². The fourth-order valence-electron chi connectivity index (χ4n) is 2.74. The highest BCUT2D eigenvalue weighted by atomic mass is 16.4. The minimum absolute atomic E-state index is 0.0423. The molecule has 3 rings (SSSR count). The van der Waals surface area contributed by atoms with E-state index in [2.05, 4.69) is 5.32 Å². The molecule has 0 aromatic carbocycles. The van der Waals surface area contributed by atoms with Crippen molar-refractivity contribution in [3.05, 3.63) is 0 Å². The molecule has 3 saturated carbocycles. The number of carboxylic acid groups (broad SMARTS) is 1. The second-order valence-corrected chi connectivity index (χ2v) is 5.64. The molecule has 0 saturated heterocycles. The molecule has 0 aromatic heterocycles. The maximum absolute atomic E-state index is 11.7. The van der Waals surface area contributed by atoms with E-state index in [1.165, 1.54) is 25.7 Å². The number of aliphatic carboxylic acids is 1. The molecule has 4 heteroatoms. The quantitative estimate of drug-likeness (QED) is 0.731. The summed E-state index contributed by atoms with van der Waals surface area (Å²) in [5.41, 5.74) is 0.406. The average Bonchev–Trinajstić information content (AvgIpc) is 3.16. The molecule has 0 spiro atoms. The highest BCUT2D eigenvalue weighted by Crippen LogP contribution is 2.60. The zero-order valence-electron chi connectivity index (χ0n) is 9.24. The number of nitrogens with one attached hydrogen (secondary N) is 1. The van der Waals surface area contributed by atoms with Crippen molar-refractivity contribution in [1.82, 2.24) is 5.32 Å². The van der Waals surface area contributed by atoms with Gasteiger partial charge in [0.05, 0.1) is 11.8 Å². The lowest BCUT2D eigenvalue weighted by Crippen LogP contribution is -2.33. The summed E-state index contributed by atoms with van der Waals surface area (Å²) in [5, 5.41) is 11.7. The minimum Gasteiger partial charge on any atom is -0.481 e. The Balaban J connectivity index is 1.46. The van der Waals surface area contributed by atoms with Crippen LogP contribution in [-0.2, 0) is 9.59 Å². The summed E-state index contributed by atoms with van der Waals surface area (Å²) in [6.45, 7) is 0.777. The molecule has 3 aliphatic carbocycles. The van der Waals surface area contributed by atoms with Gasteiger partial charge in [-0.3, -0.25) is 9.59 Å². The molecule has 88 valence electrons. The Bertz CT molecular complexity index is 344. The smallest absolute Gasteiger partial charge is 0.307 e. The molecule has 4 nitrogen and oxygen atoms in total. The van der Waals surface area contributed by atoms with E-state index in [-0.39, 0.29) is 11.8 Å². The Labute approximate surface area is 94.4 Å². The van der Waals surface area contributed by atoms with E-state index in [1.54, 1.807) is 0 Å². The van der Waals surface area contributed by atoms with Crippen LogP contribution in [0.15, 0.2) is 0 Å². The van der Waals surface area contributed by atoms with Crippen molar-refractivity contribution in [2.24, 2.45) is 23.2 Å². The van der Waals surface area contributed by atoms with Crippen molar-refractivity contribution in [3.8, 4) is 0 Å². The molecule has 3 aliphatic rings. The first-order valence-electron chi connectivity index (χ1n) is 6.13. The molecular weight excluding hydrogens is 206 g/mol. The van der Waals surface area contributed by atoms with Crippen LogP contribution in [0.3, 0.4) is 0 Å². The van der Waals surface area contributed by atoms with E-state index in [4.69, 9.17) is 5.11 Å². The van der Waals surface area contributed by atoms with E-state index >= 15 is 0 Å². The molecule has 16 heavy (non-hydrogen) atoms. The Morgan fingerprint density at radius 2 is 1.94 bits per heavy atom. The van der Waals surface area contributed by atoms with Gasteiger partial charge in [-0.1, -0.05) is 0 Å². The molecule has 0 heterocycles. The van der Waals surface area contributed by atoms with Gasteiger partial charge in [-0.05, 0) is 43.4 Å². The lowest BCUT2D eigenvalue weighted by atomic mass is 10.0. The van der Waals surface area contributed by atoms with Crippen LogP contribution in [0.1, 0.15) is 32.1 Å². The molecule has 3 fully saturated rings. The molecule has 2 N–H and O–H groups in total. The summed E-state index contributed by atoms with van der Waals surface area (Å²) in [7, 11) is 0. The summed E-state index contributed by atoms with van der Waals surface area (Å²) >= 11 is 0. The third-order valence-corrected chi connectivity index (χ3v) is 4.39. The fourth-order valence-corrected chi connectivity index (χ4v) is 2.74. The normalized spacial score (nSPS) is 34.2. The summed E-state index contributed by atoms with van der Waals surface area (Å²) < 4.78 is 0. The Kier molecular flexibility index (Phi) is 2.03. The monoisotopic (exact) mass is 223 g/mol. The third-order valence-electron chi connectivity index (χ3n) is 4.39. The number of hydrogen-bond acceptors (Lipinski definition) is 2. The maximum atomic E-state index is 11.7. The molecule has 0 bridgehead atoms. The lowest BCUT2D eigenvalue weighted by Gasteiger charge is -2.14. The average molecular weight is 223 g/mol. The molecule has 0 aromatic rings. The van der Waals surface area contributed by atoms with E-state index < -0.39 is 11.9 Å². The number of carbonyl (C=O) groups excluding carboxylic acids is 1. The molecule has 1 amide bonds. The standard InChI is InChI=1S/C12H17NO3/c14-10(8-5-9(8)11(15)16)13-6-12(3-4-12)7-1-2-7/h7-9H,1-6H2,(H,13,14)(H,15,16)/t8-,9-/m0/s1. The van der Waals surface area contributed by atoms with Gasteiger partial charge in [0.25, 0.3) is 0 Å². The van der Waals surface area contributed by atoms with Crippen molar-refractivity contribution in [2.75, 3.05) is 6.54 Å². The fraction of sp³-hybridized carbons (Fsp3) is 0.833. The minimum atomic E-state index is -0.830. The molecular formula is C12H17NO3. The highest BCUT2D eigenvalue weighted by molar-refractivity contribution is 5.89. The second-order valence-electron chi connectivity index (χ2n) is 5.64. The molecule has 0 unspecified atom stereocenters. The van der Waals surface area contributed by atoms with Crippen molar-refractivity contribution in [1.29, 1.82) is 0 Å². The largest absolute Gasteiger partial charge is 0.481 e. The first kappa shape index (κ1) is 10.1. The predicted octanol–water partition coefficient (Wildman–Crippen LogP) is 1.01. The van der Waals surface area contributed by atoms with Crippen LogP contribution in [-0.4, -0.2) is 23.5 Å². The lowest BCUT2D eigenvalue weighted by molar-refractivity contribution is -0.140. The van der Waals surface area contributed by atoms with Gasteiger partial charge in [0.15, 0.2) is 0 Å². The maximum Gasteiger partial charge on any atom is 0.307 e. The number of carboxylic acids is 1. The molecule has 0 aliphatic heterocycles. The Morgan fingerprint density at radius 3 is 2.38 bits per heavy atom. The number of amides is 1. The van der Waals surface area contributed by atoms with Crippen LogP contribution in [0.25, 0.3) is 0 Å². The van der Waals surface area contributed by atoms with Gasteiger partial charge in [-0.25, -0.2) is 0 Å². The van der Waals surface area contributed by atoms with Crippen LogP contribution in [0, 0.1) is 23.2 Å². The molecule has 0 radical (unpaired) electrons. The second kappa shape index (κ2) is 3.22. The summed E-state index contributed by atoms with van der Waals surface area (Å²) in [6.07, 6.45) is 5.64. The van der Waals surface area contributed by atoms with Crippen LogP contribution in [0.4, 0.5) is 0 Å². The topological polar surface area (TPSA) is 66.4 Å². The van der Waals surface area contributed by atoms with Gasteiger partial charge in [-0.15, -0.1) is 0 Å². The van der Waals surface area contributed by atoms with Crippen LogP contribution in [0.5, 0.6) is 0 Å². The Morgan fingerprint density at radius 1 is 1.25 bits per heavy atom. The van der Waals surface area contributed by atoms with Crippen LogP contribution < -0.4 is 5.32 Å². The summed E-state index contributed by atoms with van der Waals surface area (Å²) in [4.78, 5) is 22.3. The summed E-state index contributed by atoms with van der Waals surface area (Å²) in [5.74, 6) is -0.714. The van der Waals surface area contributed by atoms with Crippen LogP contribution in [0.2, 0.25) is 0 Å². The summed E-state index contributed by atoms with van der Waals surface area (Å²) in [6, 6.07) is 0. The third kappa shape index (κ3) is 1.70. The van der Waals surface area contributed by atoms with Gasteiger partial charge < -0.3 is 10.4 Å². The van der Waals surface area contributed by atoms with Gasteiger partial charge >= 0.3 is 5.97 Å². The zero-order valence-corrected chi connectivity index (χ0v) is 9.24. The van der Waals surface area contributed by atoms with Crippen molar-refractivity contribution >= 4 is 11.9 Å². The first-order valence-corrected chi connectivity index (χ1v) is 6.13. The van der Waals surface area contributed by atoms with Crippen LogP contribution >= 0.6 is 0 Å². The SMILES string of the molecule is O=C(O)[C@H]1C[C@@H]1C(=O)NCC1(C2CC2)CC1. The van der Waals surface area contributed by atoms with E-state index in [0.717, 1.165) is 12.5 Å². The highest BCUT2D eigenvalue weighted by Gasteiger charge is 2.54. The van der Waals surface area contributed by atoms with Gasteiger partial charge in [0.2, 0.25) is 5.91 Å². The van der Waals surface area contributed by atoms with Gasteiger partial charge in [-0.2, -0.15) is 0 Å². The van der Waals surface area contributed by atoms with E-state index in [0.29, 0.717) is 11.8 Å². The first-order chi connectivity index (χ1) is 7.62. The van der Waals surface area contributed by atoms with E-state index in [9.17, 15) is 9.59 Å². The number of carbonyl (C=O) groups is 2. The van der Waals surface area contributed by atoms with Crippen molar-refractivity contribution in [2.45, 2.75) is 32.1 Å². The van der Waals surface area contributed by atoms with Crippen molar-refractivity contribution < 1.29 is 14.7 Å². The number of rotatable bonds is 5. The van der Waals surface area contributed by atoms with E-state index in [1.807, 2.05) is 0 Å². The van der Waals surface area contributed by atoms with Crippen molar-refractivity contribution in [3.63, 3.8) is 0 Å². The molecule has 2 atom stereocenters. The van der Waals surface area contributed by atoms with Gasteiger partial charge in [0, 0.05) is 6.54 Å². The number of hydrogen-bond donors (Lipinski definition) is 2.